The molecule has 15 heteroatoms. The molecule has 12 nitrogen and oxygen atoms in total. The number of aromatic nitrogens is 12. The minimum Gasteiger partial charge on any atom is -0.657 e. The topological polar surface area (TPSA) is 162 Å². The molecule has 17 aromatic rings. The van der Waals surface area contributed by atoms with Crippen molar-refractivity contribution in [3.63, 3.8) is 0 Å². The summed E-state index contributed by atoms with van der Waals surface area (Å²) in [4.78, 5) is 64.8. The molecule has 9 aromatic heterocycles. The third-order valence-electron chi connectivity index (χ3n) is 22.9. The number of rotatable bonds is 8. The Kier molecular flexibility index (Phi) is 21.6. The Labute approximate surface area is 769 Å². The molecule has 8 aromatic carbocycles. The molecule has 578 valence electrons. The first-order valence-corrected chi connectivity index (χ1v) is 41.1. The number of benzene rings is 8. The molecule has 0 saturated carbocycles. The molecule has 15 heterocycles. The Balaban J connectivity index is 0.00000338. The van der Waals surface area contributed by atoms with Crippen LogP contribution >= 0.6 is 0 Å². The van der Waals surface area contributed by atoms with E-state index in [0.717, 1.165) is 212 Å². The van der Waals surface area contributed by atoms with Crippen molar-refractivity contribution in [2.75, 3.05) is 0 Å². The molecule has 6 aliphatic rings. The van der Waals surface area contributed by atoms with Crippen LogP contribution in [0.2, 0.25) is 0 Å². The molecular formula is C112H64N12Zn3. The molecule has 24 bridgehead atoms. The first kappa shape index (κ1) is 80.0. The fourth-order valence-electron chi connectivity index (χ4n) is 17.1. The van der Waals surface area contributed by atoms with Crippen LogP contribution in [0.3, 0.4) is 0 Å². The van der Waals surface area contributed by atoms with E-state index >= 15 is 0 Å². The van der Waals surface area contributed by atoms with Crippen molar-refractivity contribution in [2.45, 2.75) is 0 Å². The van der Waals surface area contributed by atoms with Gasteiger partial charge in [-0.1, -0.05) is 315 Å². The number of hydrogen-bond donors (Lipinski definition) is 0. The van der Waals surface area contributed by atoms with Gasteiger partial charge in [-0.05, 0) is 186 Å². The summed E-state index contributed by atoms with van der Waals surface area (Å²) in [5.74, 6) is 14.5. The Bertz CT molecular complexity index is 8080. The summed E-state index contributed by atoms with van der Waals surface area (Å²) in [5, 5.41) is 0. The molecule has 0 atom stereocenters. The van der Waals surface area contributed by atoms with Gasteiger partial charge < -0.3 is 29.9 Å². The first-order valence-electron chi connectivity index (χ1n) is 41.1. The summed E-state index contributed by atoms with van der Waals surface area (Å²) < 4.78 is 0. The maximum absolute atomic E-state index is 5.60. The second-order valence-corrected chi connectivity index (χ2v) is 30.6. The summed E-state index contributed by atoms with van der Waals surface area (Å²) >= 11 is 0. The van der Waals surface area contributed by atoms with E-state index < -0.39 is 0 Å². The molecule has 0 saturated heterocycles. The van der Waals surface area contributed by atoms with E-state index in [0.29, 0.717) is 33.5 Å². The summed E-state index contributed by atoms with van der Waals surface area (Å²) in [6.45, 7) is 0. The second kappa shape index (κ2) is 34.3. The van der Waals surface area contributed by atoms with Crippen molar-refractivity contribution < 1.29 is 58.4 Å². The van der Waals surface area contributed by atoms with E-state index in [9.17, 15) is 0 Å². The van der Waals surface area contributed by atoms with Crippen LogP contribution in [0.5, 0.6) is 0 Å². The van der Waals surface area contributed by atoms with Gasteiger partial charge in [0.2, 0.25) is 0 Å². The van der Waals surface area contributed by atoms with Crippen LogP contribution in [0, 0.1) is 23.7 Å². The van der Waals surface area contributed by atoms with Gasteiger partial charge in [0.1, 0.15) is 0 Å². The van der Waals surface area contributed by atoms with E-state index in [1.54, 1.807) is 0 Å². The number of fused-ring (bicyclic) bond motifs is 24. The van der Waals surface area contributed by atoms with Crippen molar-refractivity contribution in [1.82, 2.24) is 59.8 Å². The molecule has 6 aliphatic heterocycles. The first-order chi connectivity index (χ1) is 61.4. The average molecular weight is 1770 g/mol. The van der Waals surface area contributed by atoms with Gasteiger partial charge in [0.15, 0.2) is 0 Å². The summed E-state index contributed by atoms with van der Waals surface area (Å²) in [6, 6.07) is 107. The van der Waals surface area contributed by atoms with E-state index in [4.69, 9.17) is 59.8 Å². The van der Waals surface area contributed by atoms with Crippen LogP contribution in [-0.4, -0.2) is 29.9 Å². The monoisotopic (exact) mass is 1770 g/mol. The van der Waals surface area contributed by atoms with Crippen molar-refractivity contribution in [3.8, 4) is 113 Å². The Morgan fingerprint density at radius 3 is 0.646 bits per heavy atom. The smallest absolute Gasteiger partial charge is 0.657 e. The van der Waals surface area contributed by atoms with Crippen molar-refractivity contribution in [3.05, 3.63) is 406 Å². The van der Waals surface area contributed by atoms with E-state index in [-0.39, 0.29) is 58.4 Å². The zero-order chi connectivity index (χ0) is 82.0. The summed E-state index contributed by atoms with van der Waals surface area (Å²) in [5.41, 5.74) is 35.9. The zero-order valence-corrected chi connectivity index (χ0v) is 77.3. The second-order valence-electron chi connectivity index (χ2n) is 30.6. The van der Waals surface area contributed by atoms with Crippen LogP contribution < -0.4 is 29.9 Å². The molecule has 127 heavy (non-hydrogen) atoms. The van der Waals surface area contributed by atoms with E-state index in [1.807, 2.05) is 170 Å². The van der Waals surface area contributed by atoms with Crippen molar-refractivity contribution in [2.24, 2.45) is 0 Å². The van der Waals surface area contributed by atoms with E-state index in [1.165, 1.54) is 0 Å². The van der Waals surface area contributed by atoms with Gasteiger partial charge in [-0.2, -0.15) is 0 Å². The standard InChI is InChI=1S/C112H64N12.3Zn/c1-7-19-71(20-8-1)105-89-47-41-79(113-89)67-80-42-48-90(114-80)106(72-21-9-2-10-22-72)94-56-52-86(118-94)83(85-51-55-93(105)117-85)45-35-69-33-39-78(40-34-69)112-103-65-61-99(123-103)109(75-27-15-5-16-28-75)95-57-53-87(119-95)84(88-54-58-96(120-88)110(76-29-17-6-18-30-76)100-62-66-104(112)124-100)46-36-70-31-37-77(38-32-70)111-101-63-59-97(121-101)107(73-23-11-3-12-24-73)91-49-43-81(115-91)68-82-44-50-92(116-82)108(74-25-13-4-14-26-74)98-60-64-102(111)122-98;;;/h1-34,37-44,47-68H;;;/q-6;3*+2. The Morgan fingerprint density at radius 2 is 0.370 bits per heavy atom. The molecule has 0 unspecified atom stereocenters. The predicted octanol–water partition coefficient (Wildman–Crippen LogP) is 24.5. The summed E-state index contributed by atoms with van der Waals surface area (Å²) in [6.07, 6.45) is 24.8. The molecule has 23 rings (SSSR count). The summed E-state index contributed by atoms with van der Waals surface area (Å²) in [7, 11) is 0. The van der Waals surface area contributed by atoms with Crippen molar-refractivity contribution in [1.29, 1.82) is 0 Å². The normalized spacial score (nSPS) is 11.9. The maximum atomic E-state index is 5.60. The molecule has 0 radical (unpaired) electrons. The average Bonchev–Trinajstić information content (AvgIpc) is 1.62. The van der Waals surface area contributed by atoms with Gasteiger partial charge in [0.05, 0.1) is 68.3 Å². The largest absolute Gasteiger partial charge is 2.00 e. The van der Waals surface area contributed by atoms with Crippen LogP contribution in [0.15, 0.2) is 315 Å². The van der Waals surface area contributed by atoms with Gasteiger partial charge in [-0.25, -0.2) is 29.9 Å². The molecule has 0 aliphatic carbocycles. The van der Waals surface area contributed by atoms with Crippen LogP contribution in [0.4, 0.5) is 0 Å². The molecular weight excluding hydrogens is 1710 g/mol. The number of nitrogens with zero attached hydrogens (tertiary/aromatic N) is 12. The molecule has 0 N–H and O–H groups in total. The SMILES string of the molecule is C(#Cc1c2nc(c(-c3ccccc3)c3ccc([n-]3)c(-c3ccc(C#Cc4c5nc(c(-c6ccccc6)c6ccc(cc7nc(c(-c8ccccc8)c8ccc4[n-]8)C=C7)[n-]6)C=C5)cc3)c3nc(c(-c4ccccc4)c4ccc1[n-]4)C=C3)C=C2)c1ccc(-c2c3nc(c(-c4ccccc4)c4ccc(cc5nc(c(-c6ccccc6)c6ccc2[n-]6)C=C5)[n-]4)C=C3)cc1.[Zn+2].[Zn+2].[Zn+2]. The van der Waals surface area contributed by atoms with Gasteiger partial charge in [-0.15, -0.1) is 66.2 Å². The minimum atomic E-state index is 0. The van der Waals surface area contributed by atoms with Gasteiger partial charge >= 0.3 is 58.4 Å². The third-order valence-corrected chi connectivity index (χ3v) is 22.9. The molecule has 0 spiro atoms. The molecule has 0 amide bonds. The fourth-order valence-corrected chi connectivity index (χ4v) is 17.1. The predicted molar refractivity (Wildman–Crippen MR) is 506 cm³/mol. The quantitative estimate of drug-likeness (QED) is 0.105. The van der Waals surface area contributed by atoms with Gasteiger partial charge in [0.25, 0.3) is 0 Å². The fraction of sp³-hybridized carbons (Fsp3) is 0. The van der Waals surface area contributed by atoms with Crippen LogP contribution in [0.25, 0.3) is 228 Å². The van der Waals surface area contributed by atoms with Gasteiger partial charge in [0, 0.05) is 22.3 Å². The Hall–Kier alpha value is -15.4. The van der Waals surface area contributed by atoms with Crippen molar-refractivity contribution >= 4 is 139 Å². The Morgan fingerprint density at radius 1 is 0.165 bits per heavy atom. The zero-order valence-electron chi connectivity index (χ0n) is 68.4. The van der Waals surface area contributed by atoms with Crippen LogP contribution in [0.1, 0.15) is 90.6 Å². The van der Waals surface area contributed by atoms with E-state index in [2.05, 4.69) is 242 Å². The minimum absolute atomic E-state index is 0. The van der Waals surface area contributed by atoms with Gasteiger partial charge in [-0.3, -0.25) is 0 Å². The van der Waals surface area contributed by atoms with Crippen LogP contribution in [-0.2, 0) is 58.4 Å². The number of hydrogen-bond acceptors (Lipinski definition) is 6. The maximum Gasteiger partial charge on any atom is 2.00 e. The third kappa shape index (κ3) is 15.4. The molecule has 0 fully saturated rings.